The first kappa shape index (κ1) is 13.6. The number of rotatable bonds is 5. The van der Waals surface area contributed by atoms with Gasteiger partial charge in [0, 0.05) is 25.5 Å². The molecule has 1 aromatic heterocycles. The fourth-order valence-electron chi connectivity index (χ4n) is 2.99. The van der Waals surface area contributed by atoms with Crippen LogP contribution in [-0.4, -0.2) is 28.3 Å². The second-order valence-corrected chi connectivity index (χ2v) is 5.60. The summed E-state index contributed by atoms with van der Waals surface area (Å²) in [5.41, 5.74) is 5.87. The van der Waals surface area contributed by atoms with Gasteiger partial charge >= 0.3 is 0 Å². The van der Waals surface area contributed by atoms with E-state index in [9.17, 15) is 0 Å². The number of ether oxygens (including phenoxy) is 1. The van der Waals surface area contributed by atoms with Crippen LogP contribution in [0.3, 0.4) is 0 Å². The normalized spacial score (nSPS) is 28.5. The fourth-order valence-corrected chi connectivity index (χ4v) is 2.99. The lowest BCUT2D eigenvalue weighted by Crippen LogP contribution is -2.45. The largest absolute Gasteiger partial charge is 0.372 e. The summed E-state index contributed by atoms with van der Waals surface area (Å²) in [5.74, 6) is 1.77. The Morgan fingerprint density at radius 1 is 1.61 bits per heavy atom. The molecule has 0 saturated heterocycles. The van der Waals surface area contributed by atoms with Crippen molar-refractivity contribution in [1.82, 2.24) is 9.55 Å². The van der Waals surface area contributed by atoms with Crippen molar-refractivity contribution in [3.8, 4) is 0 Å². The van der Waals surface area contributed by atoms with Crippen LogP contribution in [0, 0.1) is 12.8 Å². The predicted molar refractivity (Wildman–Crippen MR) is 72.3 cm³/mol. The number of imidazole rings is 1. The van der Waals surface area contributed by atoms with Gasteiger partial charge in [-0.1, -0.05) is 19.8 Å². The number of aromatic nitrogens is 2. The minimum atomic E-state index is -0.0772. The highest BCUT2D eigenvalue weighted by Crippen LogP contribution is 2.34. The molecule has 0 radical (unpaired) electrons. The zero-order valence-electron chi connectivity index (χ0n) is 11.6. The van der Waals surface area contributed by atoms with Crippen LogP contribution >= 0.6 is 0 Å². The lowest BCUT2D eigenvalue weighted by atomic mass is 9.79. The van der Waals surface area contributed by atoms with Crippen LogP contribution in [0.4, 0.5) is 0 Å². The van der Waals surface area contributed by atoms with Crippen molar-refractivity contribution in [2.75, 3.05) is 13.2 Å². The Morgan fingerprint density at radius 2 is 2.44 bits per heavy atom. The van der Waals surface area contributed by atoms with Crippen molar-refractivity contribution in [1.29, 1.82) is 0 Å². The van der Waals surface area contributed by atoms with E-state index in [1.807, 2.05) is 19.3 Å². The summed E-state index contributed by atoms with van der Waals surface area (Å²) < 4.78 is 8.27. The van der Waals surface area contributed by atoms with Crippen LogP contribution in [0.25, 0.3) is 0 Å². The Bertz CT molecular complexity index is 377. The van der Waals surface area contributed by atoms with Gasteiger partial charge in [-0.25, -0.2) is 4.98 Å². The molecule has 1 aliphatic rings. The standard InChI is InChI=1S/C14H25N3O/c1-12-4-3-5-14(10-12,11-15)18-9-8-17-7-6-16-13(17)2/h6-7,12H,3-5,8-11,15H2,1-2H3. The van der Waals surface area contributed by atoms with Gasteiger partial charge in [0.1, 0.15) is 5.82 Å². The van der Waals surface area contributed by atoms with Gasteiger partial charge in [-0.05, 0) is 25.7 Å². The Balaban J connectivity index is 1.85. The van der Waals surface area contributed by atoms with Gasteiger partial charge in [-0.2, -0.15) is 0 Å². The Morgan fingerprint density at radius 3 is 3.06 bits per heavy atom. The molecule has 1 aliphatic carbocycles. The molecular weight excluding hydrogens is 226 g/mol. The summed E-state index contributed by atoms with van der Waals surface area (Å²) in [4.78, 5) is 4.21. The molecule has 1 aromatic rings. The quantitative estimate of drug-likeness (QED) is 0.872. The third kappa shape index (κ3) is 3.12. The summed E-state index contributed by atoms with van der Waals surface area (Å²) in [6.07, 6.45) is 8.59. The average molecular weight is 251 g/mol. The molecular formula is C14H25N3O. The highest BCUT2D eigenvalue weighted by atomic mass is 16.5. The molecule has 4 nitrogen and oxygen atoms in total. The van der Waals surface area contributed by atoms with Crippen LogP contribution < -0.4 is 5.73 Å². The molecule has 0 spiro atoms. The monoisotopic (exact) mass is 251 g/mol. The van der Waals surface area contributed by atoms with Gasteiger partial charge < -0.3 is 15.0 Å². The second-order valence-electron chi connectivity index (χ2n) is 5.60. The van der Waals surface area contributed by atoms with Crippen molar-refractivity contribution in [3.63, 3.8) is 0 Å². The molecule has 1 saturated carbocycles. The van der Waals surface area contributed by atoms with Gasteiger partial charge in [0.25, 0.3) is 0 Å². The van der Waals surface area contributed by atoms with Crippen molar-refractivity contribution in [3.05, 3.63) is 18.2 Å². The third-order valence-electron chi connectivity index (χ3n) is 4.09. The molecule has 4 heteroatoms. The summed E-state index contributed by atoms with van der Waals surface area (Å²) in [5, 5.41) is 0. The second kappa shape index (κ2) is 5.85. The molecule has 0 aliphatic heterocycles. The number of hydrogen-bond acceptors (Lipinski definition) is 3. The van der Waals surface area contributed by atoms with Crippen molar-refractivity contribution < 1.29 is 4.74 Å². The van der Waals surface area contributed by atoms with Crippen molar-refractivity contribution >= 4 is 0 Å². The van der Waals surface area contributed by atoms with E-state index >= 15 is 0 Å². The number of nitrogens with zero attached hydrogens (tertiary/aromatic N) is 2. The lowest BCUT2D eigenvalue weighted by Gasteiger charge is -2.39. The molecule has 2 unspecified atom stereocenters. The summed E-state index contributed by atoms with van der Waals surface area (Å²) in [6, 6.07) is 0. The maximum absolute atomic E-state index is 6.14. The number of hydrogen-bond donors (Lipinski definition) is 1. The van der Waals surface area contributed by atoms with Gasteiger partial charge in [0.2, 0.25) is 0 Å². The molecule has 18 heavy (non-hydrogen) atoms. The maximum Gasteiger partial charge on any atom is 0.105 e. The van der Waals surface area contributed by atoms with E-state index in [-0.39, 0.29) is 5.60 Å². The fraction of sp³-hybridized carbons (Fsp3) is 0.786. The van der Waals surface area contributed by atoms with E-state index in [1.54, 1.807) is 0 Å². The SMILES string of the molecule is Cc1nccn1CCOC1(CN)CCCC(C)C1. The smallest absolute Gasteiger partial charge is 0.105 e. The maximum atomic E-state index is 6.14. The topological polar surface area (TPSA) is 53.1 Å². The zero-order valence-corrected chi connectivity index (χ0v) is 11.6. The zero-order chi connectivity index (χ0) is 13.0. The molecule has 1 heterocycles. The molecule has 2 N–H and O–H groups in total. The van der Waals surface area contributed by atoms with E-state index < -0.39 is 0 Å². The van der Waals surface area contributed by atoms with Crippen LogP contribution in [0.15, 0.2) is 12.4 Å². The van der Waals surface area contributed by atoms with Crippen molar-refractivity contribution in [2.24, 2.45) is 11.7 Å². The van der Waals surface area contributed by atoms with Gasteiger partial charge in [-0.15, -0.1) is 0 Å². The Kier molecular flexibility index (Phi) is 4.40. The summed E-state index contributed by atoms with van der Waals surface area (Å²) >= 11 is 0. The highest BCUT2D eigenvalue weighted by Gasteiger charge is 2.34. The van der Waals surface area contributed by atoms with E-state index in [0.29, 0.717) is 6.54 Å². The summed E-state index contributed by atoms with van der Waals surface area (Å²) in [6.45, 7) is 6.54. The van der Waals surface area contributed by atoms with Gasteiger partial charge in [0.15, 0.2) is 0 Å². The molecule has 102 valence electrons. The average Bonchev–Trinajstić information content (AvgIpc) is 2.75. The minimum absolute atomic E-state index is 0.0772. The minimum Gasteiger partial charge on any atom is -0.372 e. The lowest BCUT2D eigenvalue weighted by molar-refractivity contribution is -0.0768. The van der Waals surface area contributed by atoms with E-state index in [0.717, 1.165) is 37.7 Å². The molecule has 0 bridgehead atoms. The molecule has 2 atom stereocenters. The van der Waals surface area contributed by atoms with Crippen LogP contribution in [0.2, 0.25) is 0 Å². The van der Waals surface area contributed by atoms with Crippen LogP contribution in [0.5, 0.6) is 0 Å². The molecule has 2 rings (SSSR count). The number of nitrogens with two attached hydrogens (primary N) is 1. The molecule has 0 amide bonds. The first-order valence-electron chi connectivity index (χ1n) is 6.97. The summed E-state index contributed by atoms with van der Waals surface area (Å²) in [7, 11) is 0. The van der Waals surface area contributed by atoms with Crippen LogP contribution in [-0.2, 0) is 11.3 Å². The van der Waals surface area contributed by atoms with E-state index in [2.05, 4.69) is 16.5 Å². The van der Waals surface area contributed by atoms with E-state index in [1.165, 1.54) is 12.8 Å². The predicted octanol–water partition coefficient (Wildman–Crippen LogP) is 2.12. The van der Waals surface area contributed by atoms with Crippen molar-refractivity contribution in [2.45, 2.75) is 51.7 Å². The Hall–Kier alpha value is -0.870. The third-order valence-corrected chi connectivity index (χ3v) is 4.09. The van der Waals surface area contributed by atoms with Gasteiger partial charge in [-0.3, -0.25) is 0 Å². The van der Waals surface area contributed by atoms with E-state index in [4.69, 9.17) is 10.5 Å². The Labute approximate surface area is 110 Å². The van der Waals surface area contributed by atoms with Crippen LogP contribution in [0.1, 0.15) is 38.4 Å². The first-order chi connectivity index (χ1) is 8.65. The van der Waals surface area contributed by atoms with Gasteiger partial charge in [0.05, 0.1) is 12.2 Å². The molecule has 0 aromatic carbocycles. The highest BCUT2D eigenvalue weighted by molar-refractivity contribution is 4.90. The molecule has 1 fully saturated rings. The number of aryl methyl sites for hydroxylation is 1. The first-order valence-corrected chi connectivity index (χ1v) is 6.97.